The van der Waals surface area contributed by atoms with Crippen molar-refractivity contribution in [3.63, 3.8) is 0 Å². The van der Waals surface area contributed by atoms with E-state index in [1.807, 2.05) is 0 Å². The van der Waals surface area contributed by atoms with E-state index in [1.54, 1.807) is 24.3 Å². The lowest BCUT2D eigenvalue weighted by atomic mass is 10.3. The summed E-state index contributed by atoms with van der Waals surface area (Å²) in [5.74, 6) is 0. The van der Waals surface area contributed by atoms with Gasteiger partial charge in [0.15, 0.2) is 0 Å². The molecule has 5 heteroatoms. The maximum Gasteiger partial charge on any atom is 0.201 e. The number of halogens is 1. The van der Waals surface area contributed by atoms with Crippen LogP contribution in [0.4, 0.5) is 5.69 Å². The van der Waals surface area contributed by atoms with Gasteiger partial charge in [-0.05, 0) is 25.1 Å². The van der Waals surface area contributed by atoms with Crippen molar-refractivity contribution < 1.29 is 8.76 Å². The molecule has 0 aliphatic rings. The van der Waals surface area contributed by atoms with Crippen LogP contribution in [0.15, 0.2) is 29.3 Å². The van der Waals surface area contributed by atoms with Crippen LogP contribution in [0.25, 0.3) is 0 Å². The fourth-order valence-electron chi connectivity index (χ4n) is 0.767. The summed E-state index contributed by atoms with van der Waals surface area (Å²) in [6.07, 6.45) is 0. The average molecular weight is 218 g/mol. The third-order valence-corrected chi connectivity index (χ3v) is 2.18. The van der Waals surface area contributed by atoms with Crippen LogP contribution in [0, 0.1) is 0 Å². The molecule has 1 unspecified atom stereocenters. The van der Waals surface area contributed by atoms with Crippen molar-refractivity contribution >= 4 is 33.4 Å². The first-order chi connectivity index (χ1) is 6.09. The van der Waals surface area contributed by atoms with Gasteiger partial charge in [0.05, 0.1) is 5.69 Å². The Kier molecular flexibility index (Phi) is 3.59. The molecule has 0 spiro atoms. The fraction of sp³-hybridized carbons (Fsp3) is 0.125. The highest BCUT2D eigenvalue weighted by atomic mass is 35.5. The predicted octanol–water partition coefficient (Wildman–Crippen LogP) is 2.61. The summed E-state index contributed by atoms with van der Waals surface area (Å²) in [6.45, 7) is 1.48. The number of rotatable bonds is 1. The minimum absolute atomic E-state index is 0.155. The normalized spacial score (nSPS) is 14.2. The molecule has 70 valence electrons. The first kappa shape index (κ1) is 10.4. The van der Waals surface area contributed by atoms with Crippen molar-refractivity contribution in [2.75, 3.05) is 0 Å². The smallest absolute Gasteiger partial charge is 0.201 e. The van der Waals surface area contributed by atoms with Crippen LogP contribution in [0.5, 0.6) is 0 Å². The second-order valence-corrected chi connectivity index (χ2v) is 3.89. The van der Waals surface area contributed by atoms with Gasteiger partial charge >= 0.3 is 0 Å². The van der Waals surface area contributed by atoms with Crippen LogP contribution >= 0.6 is 11.6 Å². The van der Waals surface area contributed by atoms with Gasteiger partial charge in [-0.25, -0.2) is 9.20 Å². The van der Waals surface area contributed by atoms with Crippen LogP contribution in [-0.4, -0.2) is 13.8 Å². The average Bonchev–Trinajstić information content (AvgIpc) is 2.04. The molecule has 0 saturated heterocycles. The summed E-state index contributed by atoms with van der Waals surface area (Å²) in [6, 6.07) is 6.78. The highest BCUT2D eigenvalue weighted by Gasteiger charge is 1.98. The van der Waals surface area contributed by atoms with Crippen LogP contribution < -0.4 is 0 Å². The zero-order chi connectivity index (χ0) is 9.84. The van der Waals surface area contributed by atoms with Crippen molar-refractivity contribution in [2.45, 2.75) is 6.92 Å². The fourth-order valence-corrected chi connectivity index (χ4v) is 1.13. The van der Waals surface area contributed by atoms with E-state index in [4.69, 9.17) is 16.2 Å². The number of benzene rings is 1. The Morgan fingerprint density at radius 2 is 2.31 bits per heavy atom. The molecule has 1 atom stereocenters. The molecule has 13 heavy (non-hydrogen) atoms. The Morgan fingerprint density at radius 3 is 2.85 bits per heavy atom. The topological polar surface area (TPSA) is 49.7 Å². The van der Waals surface area contributed by atoms with Gasteiger partial charge < -0.3 is 4.55 Å². The van der Waals surface area contributed by atoms with Crippen molar-refractivity contribution in [3.05, 3.63) is 29.3 Å². The summed E-state index contributed by atoms with van der Waals surface area (Å²) in [5, 5.41) is 0.708. The largest absolute Gasteiger partial charge is 0.301 e. The lowest BCUT2D eigenvalue weighted by Crippen LogP contribution is -1.98. The van der Waals surface area contributed by atoms with Crippen molar-refractivity contribution in [3.8, 4) is 0 Å². The second kappa shape index (κ2) is 4.50. The van der Waals surface area contributed by atoms with Crippen LogP contribution in [0.2, 0.25) is 5.02 Å². The van der Waals surface area contributed by atoms with E-state index < -0.39 is 11.1 Å². The van der Waals surface area contributed by atoms with E-state index in [9.17, 15) is 4.21 Å². The number of hydrogen-bond acceptors (Lipinski definition) is 2. The lowest BCUT2D eigenvalue weighted by Gasteiger charge is -1.95. The number of nitrogens with zero attached hydrogens (tertiary/aromatic N) is 1. The number of hydrogen-bond donors (Lipinski definition) is 1. The first-order valence-electron chi connectivity index (χ1n) is 3.51. The zero-order valence-corrected chi connectivity index (χ0v) is 8.47. The molecular formula is C8H8ClNO2S. The molecular weight excluding hydrogens is 210 g/mol. The van der Waals surface area contributed by atoms with Crippen molar-refractivity contribution in [1.29, 1.82) is 0 Å². The second-order valence-electron chi connectivity index (χ2n) is 2.36. The Morgan fingerprint density at radius 1 is 1.62 bits per heavy atom. The summed E-state index contributed by atoms with van der Waals surface area (Å²) < 4.78 is 19.2. The first-order valence-corrected chi connectivity index (χ1v) is 5.00. The minimum Gasteiger partial charge on any atom is -0.301 e. The van der Waals surface area contributed by atoms with E-state index in [2.05, 4.69) is 4.99 Å². The highest BCUT2D eigenvalue weighted by Crippen LogP contribution is 2.18. The zero-order valence-electron chi connectivity index (χ0n) is 6.90. The molecule has 0 radical (unpaired) electrons. The van der Waals surface area contributed by atoms with E-state index in [-0.39, 0.29) is 5.04 Å². The molecule has 0 bridgehead atoms. The van der Waals surface area contributed by atoms with E-state index in [0.717, 1.165) is 0 Å². The van der Waals surface area contributed by atoms with E-state index in [0.29, 0.717) is 10.7 Å². The van der Waals surface area contributed by atoms with Crippen molar-refractivity contribution in [2.24, 2.45) is 4.99 Å². The molecule has 0 saturated carbocycles. The van der Waals surface area contributed by atoms with Gasteiger partial charge in [0.25, 0.3) is 0 Å². The third kappa shape index (κ3) is 3.26. The predicted molar refractivity (Wildman–Crippen MR) is 55.0 cm³/mol. The molecule has 0 aromatic heterocycles. The number of aliphatic imine (C=N–C) groups is 1. The third-order valence-electron chi connectivity index (χ3n) is 1.35. The van der Waals surface area contributed by atoms with Gasteiger partial charge in [-0.3, -0.25) is 0 Å². The van der Waals surface area contributed by atoms with E-state index >= 15 is 0 Å². The standard InChI is InChI=1S/C8H8ClNO2S/c1-6(13(11)12)10-8-4-2-3-7(9)5-8/h2-5H,1H3,(H,11,12). The Balaban J connectivity index is 2.97. The van der Waals surface area contributed by atoms with Gasteiger partial charge in [-0.2, -0.15) is 0 Å². The molecule has 0 fully saturated rings. The van der Waals surface area contributed by atoms with Gasteiger partial charge in [0.2, 0.25) is 11.1 Å². The summed E-state index contributed by atoms with van der Waals surface area (Å²) in [5.41, 5.74) is 0.576. The van der Waals surface area contributed by atoms with Gasteiger partial charge in [-0.1, -0.05) is 17.7 Å². The molecule has 1 aromatic rings. The minimum atomic E-state index is -2.01. The summed E-state index contributed by atoms with van der Waals surface area (Å²) >= 11 is 3.69. The summed E-state index contributed by atoms with van der Waals surface area (Å²) in [4.78, 5) is 3.90. The van der Waals surface area contributed by atoms with Gasteiger partial charge in [0.1, 0.15) is 5.04 Å². The van der Waals surface area contributed by atoms with Crippen LogP contribution in [0.1, 0.15) is 6.92 Å². The molecule has 0 aliphatic heterocycles. The lowest BCUT2D eigenvalue weighted by molar-refractivity contribution is 0.577. The highest BCUT2D eigenvalue weighted by molar-refractivity contribution is 7.95. The maximum atomic E-state index is 10.5. The molecule has 0 heterocycles. The van der Waals surface area contributed by atoms with Gasteiger partial charge in [-0.15, -0.1) is 0 Å². The van der Waals surface area contributed by atoms with E-state index in [1.165, 1.54) is 6.92 Å². The molecule has 0 aliphatic carbocycles. The van der Waals surface area contributed by atoms with Crippen LogP contribution in [-0.2, 0) is 11.1 Å². The Labute approximate surface area is 83.7 Å². The molecule has 1 aromatic carbocycles. The Hall–Kier alpha value is -0.710. The van der Waals surface area contributed by atoms with Crippen molar-refractivity contribution in [1.82, 2.24) is 0 Å². The monoisotopic (exact) mass is 217 g/mol. The SMILES string of the molecule is CC(=Nc1cccc(Cl)c1)S(=O)O. The Bertz CT molecular complexity index is 365. The van der Waals surface area contributed by atoms with Gasteiger partial charge in [0, 0.05) is 5.02 Å². The molecule has 1 rings (SSSR count). The van der Waals surface area contributed by atoms with Crippen LogP contribution in [0.3, 0.4) is 0 Å². The summed E-state index contributed by atoms with van der Waals surface area (Å²) in [7, 11) is 0. The molecule has 3 nitrogen and oxygen atoms in total. The molecule has 1 N–H and O–H groups in total. The quantitative estimate of drug-likeness (QED) is 0.447. The maximum absolute atomic E-state index is 10.5. The molecule has 0 amide bonds.